The summed E-state index contributed by atoms with van der Waals surface area (Å²) in [5, 5.41) is 8.79. The molecule has 0 aliphatic carbocycles. The van der Waals surface area contributed by atoms with E-state index < -0.39 is 31.3 Å². The summed E-state index contributed by atoms with van der Waals surface area (Å²) in [6, 6.07) is -1.35. The van der Waals surface area contributed by atoms with E-state index in [-0.39, 0.29) is 0 Å². The molecule has 0 saturated carbocycles. The van der Waals surface area contributed by atoms with Crippen molar-refractivity contribution in [3.63, 3.8) is 0 Å². The quantitative estimate of drug-likeness (QED) is 0.402. The van der Waals surface area contributed by atoms with Gasteiger partial charge in [-0.3, -0.25) is 4.79 Å². The largest absolute Gasteiger partial charge is 0.392 e. The van der Waals surface area contributed by atoms with E-state index in [4.69, 9.17) is 14.7 Å². The van der Waals surface area contributed by atoms with Crippen LogP contribution in [-0.2, 0) is 4.79 Å². The fourth-order valence-corrected chi connectivity index (χ4v) is 0.0790. The van der Waals surface area contributed by atoms with Gasteiger partial charge in [-0.2, -0.15) is 0 Å². The van der Waals surface area contributed by atoms with Crippen molar-refractivity contribution in [1.82, 2.24) is 0 Å². The Morgan fingerprint density at radius 1 is 2.43 bits per heavy atom. The Hall–Kier alpha value is -0.630. The SMILES string of the molecule is [2H]C(=O)/C([2H])=C(\C([2H])([2H])[2H])C([2H])([2H])O. The molecule has 0 amide bonds. The van der Waals surface area contributed by atoms with Crippen LogP contribution in [0.2, 0.25) is 0 Å². The molecule has 0 rings (SSSR count). The molecule has 0 fully saturated rings. The van der Waals surface area contributed by atoms with Crippen molar-refractivity contribution in [3.05, 3.63) is 11.6 Å². The van der Waals surface area contributed by atoms with Gasteiger partial charge < -0.3 is 5.11 Å². The van der Waals surface area contributed by atoms with Crippen LogP contribution in [0.15, 0.2) is 11.6 Å². The van der Waals surface area contributed by atoms with Crippen LogP contribution in [0.25, 0.3) is 0 Å². The summed E-state index contributed by atoms with van der Waals surface area (Å²) in [5.74, 6) is 0. The van der Waals surface area contributed by atoms with Gasteiger partial charge in [-0.1, -0.05) is 0 Å². The minimum Gasteiger partial charge on any atom is -0.392 e. The summed E-state index contributed by atoms with van der Waals surface area (Å²) in [5.41, 5.74) is -1.37. The van der Waals surface area contributed by atoms with Gasteiger partial charge in [0.2, 0.25) is 0 Å². The zero-order valence-corrected chi connectivity index (χ0v) is 3.36. The Bertz CT molecular complexity index is 255. The number of hydrogen-bond acceptors (Lipinski definition) is 2. The van der Waals surface area contributed by atoms with E-state index in [9.17, 15) is 4.79 Å². The third-order valence-corrected chi connectivity index (χ3v) is 0.288. The summed E-state index contributed by atoms with van der Waals surface area (Å²) in [6.07, 6.45) is -1.66. The first-order chi connectivity index (χ1) is 5.98. The molecule has 0 aromatic carbocycles. The number of rotatable bonds is 2. The number of carbonyl (C=O) groups is 1. The van der Waals surface area contributed by atoms with E-state index in [0.29, 0.717) is 0 Å². The number of aliphatic hydroxyl groups is 1. The monoisotopic (exact) mass is 107 g/mol. The zero-order chi connectivity index (χ0) is 11.7. The second-order valence-electron chi connectivity index (χ2n) is 0.714. The molecule has 0 saturated heterocycles. The molecule has 2 heteroatoms. The summed E-state index contributed by atoms with van der Waals surface area (Å²) >= 11 is 0. The van der Waals surface area contributed by atoms with E-state index in [2.05, 4.69) is 0 Å². The molecule has 0 aromatic rings. The van der Waals surface area contributed by atoms with Crippen LogP contribution < -0.4 is 0 Å². The average Bonchev–Trinajstić information content (AvgIpc) is 1.79. The third-order valence-electron chi connectivity index (χ3n) is 0.288. The highest BCUT2D eigenvalue weighted by atomic mass is 16.3. The van der Waals surface area contributed by atoms with Crippen LogP contribution in [0.5, 0.6) is 0 Å². The summed E-state index contributed by atoms with van der Waals surface area (Å²) in [4.78, 5) is 10.4. The summed E-state index contributed by atoms with van der Waals surface area (Å²) in [7, 11) is 0. The molecule has 1 N–H and O–H groups in total. The van der Waals surface area contributed by atoms with Crippen molar-refractivity contribution in [3.8, 4) is 0 Å². The van der Waals surface area contributed by atoms with E-state index in [0.717, 1.165) is 0 Å². The van der Waals surface area contributed by atoms with E-state index in [1.165, 1.54) is 0 Å². The number of aldehydes is 1. The van der Waals surface area contributed by atoms with Gasteiger partial charge >= 0.3 is 0 Å². The molecule has 7 heavy (non-hydrogen) atoms. The van der Waals surface area contributed by atoms with Crippen LogP contribution in [0.3, 0.4) is 0 Å². The molecule has 0 spiro atoms. The summed E-state index contributed by atoms with van der Waals surface area (Å²) in [6.45, 7) is -6.43. The molecule has 0 atom stereocenters. The molecular weight excluding hydrogens is 92.1 g/mol. The minimum atomic E-state index is -3.31. The maximum atomic E-state index is 10.4. The molecule has 0 aliphatic heterocycles. The summed E-state index contributed by atoms with van der Waals surface area (Å²) < 4.78 is 47.1. The highest BCUT2D eigenvalue weighted by Crippen LogP contribution is 1.83. The fourth-order valence-electron chi connectivity index (χ4n) is 0.0790. The zero-order valence-electron chi connectivity index (χ0n) is 10.4. The lowest BCUT2D eigenvalue weighted by molar-refractivity contribution is -0.104. The fraction of sp³-hybridized carbons (Fsp3) is 0.400. The van der Waals surface area contributed by atoms with Gasteiger partial charge in [0.25, 0.3) is 0 Å². The van der Waals surface area contributed by atoms with Gasteiger partial charge in [0, 0.05) is 4.11 Å². The van der Waals surface area contributed by atoms with Crippen LogP contribution >= 0.6 is 0 Å². The first-order valence-electron chi connectivity index (χ1n) is 4.93. The van der Waals surface area contributed by atoms with Crippen molar-refractivity contribution in [1.29, 1.82) is 0 Å². The normalized spacial score (nSPS) is 31.3. The van der Waals surface area contributed by atoms with Gasteiger partial charge in [-0.15, -0.1) is 0 Å². The predicted octanol–water partition coefficient (Wildman–Crippen LogP) is 0.124. The predicted molar refractivity (Wildman–Crippen MR) is 26.9 cm³/mol. The molecule has 40 valence electrons. The Balaban J connectivity index is 5.57. The van der Waals surface area contributed by atoms with Crippen LogP contribution in [0.1, 0.15) is 16.4 Å². The van der Waals surface area contributed by atoms with Crippen LogP contribution in [0.4, 0.5) is 0 Å². The first kappa shape index (κ1) is 1.20. The number of allylic oxidation sites excluding steroid dienone is 1. The molecule has 0 aromatic heterocycles. The average molecular weight is 107 g/mol. The van der Waals surface area contributed by atoms with Crippen molar-refractivity contribution in [2.24, 2.45) is 0 Å². The second kappa shape index (κ2) is 3.56. The standard InChI is InChI=1S/C5H8O2/c1-5(4-7)2-3-6/h2-3,7H,4H2,1H3/b5-2+/i1D3,2D,3D,4D2. The molecule has 2 nitrogen and oxygen atoms in total. The Kier molecular flexibility index (Phi) is 0.610. The van der Waals surface area contributed by atoms with Gasteiger partial charge in [0.1, 0.15) is 7.63 Å². The maximum Gasteiger partial charge on any atom is 0.142 e. The topological polar surface area (TPSA) is 37.3 Å². The van der Waals surface area contributed by atoms with Crippen LogP contribution in [-0.4, -0.2) is 17.9 Å². The lowest BCUT2D eigenvalue weighted by Gasteiger charge is -1.84. The minimum absolute atomic E-state index is 1.35. The van der Waals surface area contributed by atoms with Gasteiger partial charge in [0.05, 0.1) is 10.7 Å². The van der Waals surface area contributed by atoms with Crippen LogP contribution in [0, 0.1) is 0 Å². The van der Waals surface area contributed by atoms with Gasteiger partial charge in [0.15, 0.2) is 0 Å². The Labute approximate surface area is 52.3 Å². The molecule has 0 bridgehead atoms. The number of hydrogen-bond donors (Lipinski definition) is 1. The maximum absolute atomic E-state index is 10.4. The van der Waals surface area contributed by atoms with Gasteiger partial charge in [-0.25, -0.2) is 0 Å². The van der Waals surface area contributed by atoms with E-state index >= 15 is 0 Å². The Morgan fingerprint density at radius 3 is 3.29 bits per heavy atom. The molecular formula is C5H8O2. The van der Waals surface area contributed by atoms with Crippen molar-refractivity contribution in [2.45, 2.75) is 6.85 Å². The van der Waals surface area contributed by atoms with Crippen molar-refractivity contribution in [2.75, 3.05) is 6.56 Å². The number of carbonyl (C=O) groups excluding carboxylic acids is 1. The van der Waals surface area contributed by atoms with E-state index in [1.54, 1.807) is 0 Å². The lowest BCUT2D eigenvalue weighted by atomic mass is 10.3. The first-order valence-corrected chi connectivity index (χ1v) is 1.43. The highest BCUT2D eigenvalue weighted by molar-refractivity contribution is 5.65. The van der Waals surface area contributed by atoms with Crippen molar-refractivity contribution < 1.29 is 19.5 Å². The molecule has 0 heterocycles. The molecule has 0 aliphatic rings. The second-order valence-corrected chi connectivity index (χ2v) is 0.714. The van der Waals surface area contributed by atoms with E-state index in [1.807, 2.05) is 0 Å². The van der Waals surface area contributed by atoms with Gasteiger partial charge in [-0.05, 0) is 18.5 Å². The Morgan fingerprint density at radius 2 is 3.14 bits per heavy atom. The molecule has 0 radical (unpaired) electrons. The third kappa shape index (κ3) is 3.19. The lowest BCUT2D eigenvalue weighted by Crippen LogP contribution is -1.82. The smallest absolute Gasteiger partial charge is 0.142 e. The highest BCUT2D eigenvalue weighted by Gasteiger charge is 1.78. The molecule has 0 unspecified atom stereocenters. The van der Waals surface area contributed by atoms with Crippen molar-refractivity contribution >= 4 is 6.26 Å².